The van der Waals surface area contributed by atoms with E-state index >= 15 is 0 Å². The molecule has 0 spiro atoms. The fourth-order valence-electron chi connectivity index (χ4n) is 17.9. The molecule has 12 bridgehead atoms. The molecule has 12 aliphatic carbocycles. The lowest BCUT2D eigenvalue weighted by molar-refractivity contribution is -0.121. The Morgan fingerprint density at radius 2 is 0.961 bits per heavy atom. The van der Waals surface area contributed by atoms with Crippen LogP contribution in [-0.4, -0.2) is 50.2 Å². The molecule has 5 nitrogen and oxygen atoms in total. The molecule has 0 heterocycles. The van der Waals surface area contributed by atoms with Gasteiger partial charge in [-0.1, -0.05) is 32.9 Å². The third-order valence-electron chi connectivity index (χ3n) is 19.0. The summed E-state index contributed by atoms with van der Waals surface area (Å²) >= 11 is 0. The van der Waals surface area contributed by atoms with Gasteiger partial charge in [-0.15, -0.1) is 0 Å². The second kappa shape index (κ2) is 13.6. The quantitative estimate of drug-likeness (QED) is 0.175. The molecule has 2 N–H and O–H groups in total. The van der Waals surface area contributed by atoms with Crippen molar-refractivity contribution in [2.45, 2.75) is 111 Å². The first-order valence-electron chi connectivity index (χ1n) is 21.7. The monoisotopic (exact) mass is 705 g/mol. The number of hydrogen-bond acceptors (Lipinski definition) is 5. The van der Waals surface area contributed by atoms with Crippen molar-refractivity contribution >= 4 is 12.6 Å². The van der Waals surface area contributed by atoms with Gasteiger partial charge in [0.25, 0.3) is 0 Å². The van der Waals surface area contributed by atoms with E-state index < -0.39 is 0 Å². The zero-order valence-electron chi connectivity index (χ0n) is 32.9. The van der Waals surface area contributed by atoms with Gasteiger partial charge in [-0.25, -0.2) is 0 Å². The summed E-state index contributed by atoms with van der Waals surface area (Å²) < 4.78 is 4.25. The fourth-order valence-corrected chi connectivity index (χ4v) is 17.9. The molecule has 21 unspecified atom stereocenters. The van der Waals surface area contributed by atoms with Crippen molar-refractivity contribution in [3.63, 3.8) is 0 Å². The standard InChI is InChI=1S/C14H22O.C14H20O.C14H18O.2C2H6O/c3*1-14(7-15)6-10-5-11(14)13-9-3-2-8(4-9)12(10)13;1-3-2;1-2-3/h8-13,15H,2-7H2,1H3;7-13H,2-6H2,1H3;2-3,7-13H,4-6H2,1H3;1-2H3;3H,2H2,1H3. The van der Waals surface area contributed by atoms with Gasteiger partial charge in [0, 0.05) is 38.3 Å². The predicted molar refractivity (Wildman–Crippen MR) is 201 cm³/mol. The highest BCUT2D eigenvalue weighted by atomic mass is 16.4. The average Bonchev–Trinajstić information content (AvgIpc) is 3.97. The Morgan fingerprint density at radius 3 is 1.45 bits per heavy atom. The number of aldehydes is 2. The van der Waals surface area contributed by atoms with Crippen LogP contribution in [-0.2, 0) is 14.3 Å². The maximum absolute atomic E-state index is 11.3. The maximum Gasteiger partial charge on any atom is 0.126 e. The summed E-state index contributed by atoms with van der Waals surface area (Å²) in [6, 6.07) is 0. The first-order valence-corrected chi connectivity index (χ1v) is 21.7. The normalized spacial score (nSPS) is 57.7. The van der Waals surface area contributed by atoms with E-state index in [1.807, 2.05) is 0 Å². The highest BCUT2D eigenvalue weighted by molar-refractivity contribution is 5.61. The van der Waals surface area contributed by atoms with E-state index in [4.69, 9.17) is 5.11 Å². The lowest BCUT2D eigenvalue weighted by Gasteiger charge is -2.43. The van der Waals surface area contributed by atoms with Crippen LogP contribution in [0.5, 0.6) is 0 Å². The van der Waals surface area contributed by atoms with Gasteiger partial charge in [-0.2, -0.15) is 0 Å². The largest absolute Gasteiger partial charge is 0.397 e. The van der Waals surface area contributed by atoms with Crippen molar-refractivity contribution in [3.05, 3.63) is 12.2 Å². The van der Waals surface area contributed by atoms with Gasteiger partial charge in [0.1, 0.15) is 12.6 Å². The van der Waals surface area contributed by atoms with E-state index in [1.54, 1.807) is 27.6 Å². The first kappa shape index (κ1) is 36.9. The number of ether oxygens (including phenoxy) is 1. The summed E-state index contributed by atoms with van der Waals surface area (Å²) in [5.41, 5.74) is 0.400. The molecule has 51 heavy (non-hydrogen) atoms. The zero-order chi connectivity index (χ0) is 36.0. The van der Waals surface area contributed by atoms with Gasteiger partial charge in [-0.3, -0.25) is 0 Å². The number of aliphatic hydroxyl groups is 2. The smallest absolute Gasteiger partial charge is 0.126 e. The Hall–Kier alpha value is -1.04. The Kier molecular flexibility index (Phi) is 9.85. The van der Waals surface area contributed by atoms with Gasteiger partial charge in [-0.05, 0) is 202 Å². The molecule has 286 valence electrons. The molecule has 11 saturated carbocycles. The van der Waals surface area contributed by atoms with Crippen LogP contribution >= 0.6 is 0 Å². The number of allylic oxidation sites excluding steroid dienone is 2. The molecule has 0 radical (unpaired) electrons. The van der Waals surface area contributed by atoms with Crippen molar-refractivity contribution in [3.8, 4) is 0 Å². The molecular weight excluding hydrogens is 633 g/mol. The molecule has 12 aliphatic rings. The highest BCUT2D eigenvalue weighted by Gasteiger charge is 2.67. The van der Waals surface area contributed by atoms with Crippen molar-refractivity contribution in [1.29, 1.82) is 0 Å². The minimum absolute atomic E-state index is 0.0319. The second-order valence-electron chi connectivity index (χ2n) is 21.3. The predicted octanol–water partition coefficient (Wildman–Crippen LogP) is 8.51. The molecule has 0 aromatic heterocycles. The van der Waals surface area contributed by atoms with Crippen LogP contribution in [0, 0.1) is 123 Å². The lowest BCUT2D eigenvalue weighted by atomic mass is 9.62. The van der Waals surface area contributed by atoms with Gasteiger partial charge in [0.2, 0.25) is 0 Å². The van der Waals surface area contributed by atoms with E-state index in [-0.39, 0.29) is 17.4 Å². The topological polar surface area (TPSA) is 83.8 Å². The third-order valence-corrected chi connectivity index (χ3v) is 19.0. The molecule has 12 rings (SSSR count). The summed E-state index contributed by atoms with van der Waals surface area (Å²) in [5.74, 6) is 17.0. The molecule has 0 saturated heterocycles. The SMILES string of the molecule is CC1(C=O)CC2CC1C1C3C=CC(C3)C21.CC1(C=O)CC2CC1C1C3CCC(C3)C21.CC1(CO)CC2CC1C1C3CCC(C3)C21.CCO.COC. The molecule has 11 fully saturated rings. The average molecular weight is 705 g/mol. The minimum Gasteiger partial charge on any atom is -0.397 e. The Labute approximate surface area is 309 Å². The first-order chi connectivity index (χ1) is 24.5. The number of carbonyl (C=O) groups excluding carboxylic acids is 2. The van der Waals surface area contributed by atoms with Gasteiger partial charge < -0.3 is 24.5 Å². The number of methoxy groups -OCH3 is 1. The molecule has 5 heteroatoms. The van der Waals surface area contributed by atoms with Gasteiger partial charge in [0.05, 0.1) is 0 Å². The number of aliphatic hydroxyl groups excluding tert-OH is 2. The van der Waals surface area contributed by atoms with Crippen LogP contribution in [0.2, 0.25) is 0 Å². The maximum atomic E-state index is 11.3. The zero-order valence-corrected chi connectivity index (χ0v) is 32.9. The molecular formula is C46H72O5. The van der Waals surface area contributed by atoms with Gasteiger partial charge >= 0.3 is 0 Å². The number of rotatable bonds is 3. The van der Waals surface area contributed by atoms with E-state index in [1.165, 1.54) is 89.6 Å². The second-order valence-corrected chi connectivity index (χ2v) is 21.3. The summed E-state index contributed by atoms with van der Waals surface area (Å²) in [7, 11) is 3.25. The summed E-state index contributed by atoms with van der Waals surface area (Å²) in [6.07, 6.45) is 25.9. The van der Waals surface area contributed by atoms with Crippen LogP contribution < -0.4 is 0 Å². The summed E-state index contributed by atoms with van der Waals surface area (Å²) in [5, 5.41) is 17.2. The summed E-state index contributed by atoms with van der Waals surface area (Å²) in [4.78, 5) is 22.6. The van der Waals surface area contributed by atoms with E-state index in [9.17, 15) is 14.7 Å². The van der Waals surface area contributed by atoms with Crippen LogP contribution in [0.3, 0.4) is 0 Å². The van der Waals surface area contributed by atoms with Crippen molar-refractivity contribution < 1.29 is 24.5 Å². The number of carbonyl (C=O) groups is 2. The molecule has 0 amide bonds. The Bertz CT molecular complexity index is 1330. The number of hydrogen-bond donors (Lipinski definition) is 2. The highest BCUT2D eigenvalue weighted by Crippen LogP contribution is 2.73. The third kappa shape index (κ3) is 5.51. The molecule has 21 atom stereocenters. The summed E-state index contributed by atoms with van der Waals surface area (Å²) in [6.45, 7) is 9.15. The molecule has 0 aromatic rings. The van der Waals surface area contributed by atoms with Crippen molar-refractivity contribution in [2.24, 2.45) is 123 Å². The van der Waals surface area contributed by atoms with E-state index in [0.29, 0.717) is 17.9 Å². The van der Waals surface area contributed by atoms with Crippen molar-refractivity contribution in [2.75, 3.05) is 27.4 Å². The molecule has 0 aliphatic heterocycles. The van der Waals surface area contributed by atoms with E-state index in [2.05, 4.69) is 37.7 Å². The Morgan fingerprint density at radius 1 is 0.569 bits per heavy atom. The fraction of sp³-hybridized carbons (Fsp3) is 0.913. The van der Waals surface area contributed by atoms with Crippen LogP contribution in [0.15, 0.2) is 12.2 Å². The van der Waals surface area contributed by atoms with Crippen molar-refractivity contribution in [1.82, 2.24) is 0 Å². The van der Waals surface area contributed by atoms with Crippen LogP contribution in [0.4, 0.5) is 0 Å². The van der Waals surface area contributed by atoms with E-state index in [0.717, 1.165) is 101 Å². The minimum atomic E-state index is 0.0319. The van der Waals surface area contributed by atoms with Crippen LogP contribution in [0.25, 0.3) is 0 Å². The number of fused-ring (bicyclic) bond motifs is 27. The lowest BCUT2D eigenvalue weighted by Crippen LogP contribution is -2.40. The van der Waals surface area contributed by atoms with Crippen LogP contribution in [0.1, 0.15) is 111 Å². The Balaban J connectivity index is 0.000000102. The van der Waals surface area contributed by atoms with Gasteiger partial charge in [0.15, 0.2) is 0 Å². The molecule has 0 aromatic carbocycles.